The Morgan fingerprint density at radius 1 is 1.14 bits per heavy atom. The van der Waals surface area contributed by atoms with Crippen molar-refractivity contribution in [2.45, 2.75) is 6.92 Å². The number of nitrogen functional groups attached to an aromatic ring is 1. The van der Waals surface area contributed by atoms with Crippen LogP contribution >= 0.6 is 15.9 Å². The van der Waals surface area contributed by atoms with Crippen LogP contribution in [0.5, 0.6) is 0 Å². The molecular formula is C16H12BrFN2O. The molecule has 3 rings (SSSR count). The summed E-state index contributed by atoms with van der Waals surface area (Å²) in [4.78, 5) is 0. The lowest BCUT2D eigenvalue weighted by Crippen LogP contribution is -1.92. The van der Waals surface area contributed by atoms with E-state index in [-0.39, 0.29) is 11.7 Å². The fourth-order valence-electron chi connectivity index (χ4n) is 2.30. The van der Waals surface area contributed by atoms with Crippen LogP contribution in [0, 0.1) is 12.7 Å². The predicted molar refractivity (Wildman–Crippen MR) is 84.2 cm³/mol. The van der Waals surface area contributed by atoms with Gasteiger partial charge in [-0.1, -0.05) is 45.4 Å². The molecule has 0 unspecified atom stereocenters. The van der Waals surface area contributed by atoms with Crippen LogP contribution < -0.4 is 5.73 Å². The zero-order valence-corrected chi connectivity index (χ0v) is 12.8. The molecule has 0 aliphatic rings. The van der Waals surface area contributed by atoms with Gasteiger partial charge in [0.2, 0.25) is 5.88 Å². The number of hydrogen-bond acceptors (Lipinski definition) is 3. The van der Waals surface area contributed by atoms with Gasteiger partial charge in [-0.15, -0.1) is 0 Å². The maximum atomic E-state index is 14.1. The van der Waals surface area contributed by atoms with E-state index in [1.54, 1.807) is 18.2 Å². The normalized spacial score (nSPS) is 10.8. The number of anilines is 1. The largest absolute Gasteiger partial charge is 0.367 e. The van der Waals surface area contributed by atoms with Gasteiger partial charge in [-0.3, -0.25) is 0 Å². The first kappa shape index (κ1) is 13.8. The fourth-order valence-corrected chi connectivity index (χ4v) is 2.78. The summed E-state index contributed by atoms with van der Waals surface area (Å²) in [6.45, 7) is 1.95. The van der Waals surface area contributed by atoms with Gasteiger partial charge in [0.15, 0.2) is 0 Å². The summed E-state index contributed by atoms with van der Waals surface area (Å²) >= 11 is 3.42. The van der Waals surface area contributed by atoms with Gasteiger partial charge in [0.05, 0.1) is 5.56 Å². The van der Waals surface area contributed by atoms with Crippen LogP contribution in [0.15, 0.2) is 51.5 Å². The predicted octanol–water partition coefficient (Wildman–Crippen LogP) is 4.80. The first-order valence-corrected chi connectivity index (χ1v) is 7.14. The van der Waals surface area contributed by atoms with E-state index < -0.39 is 0 Å². The van der Waals surface area contributed by atoms with Crippen molar-refractivity contribution in [3.8, 4) is 22.4 Å². The third-order valence-electron chi connectivity index (χ3n) is 3.31. The van der Waals surface area contributed by atoms with E-state index in [0.29, 0.717) is 16.8 Å². The van der Waals surface area contributed by atoms with Crippen molar-refractivity contribution < 1.29 is 8.91 Å². The van der Waals surface area contributed by atoms with Crippen LogP contribution in [0.2, 0.25) is 0 Å². The van der Waals surface area contributed by atoms with Crippen molar-refractivity contribution in [2.75, 3.05) is 5.73 Å². The SMILES string of the molecule is Cc1cc(Br)ccc1-c1noc(N)c1-c1ccccc1F. The van der Waals surface area contributed by atoms with Gasteiger partial charge in [-0.05, 0) is 30.7 Å². The van der Waals surface area contributed by atoms with Crippen LogP contribution in [0.1, 0.15) is 5.56 Å². The Balaban J connectivity index is 2.25. The zero-order valence-electron chi connectivity index (χ0n) is 11.2. The van der Waals surface area contributed by atoms with Crippen molar-refractivity contribution in [3.63, 3.8) is 0 Å². The minimum absolute atomic E-state index is 0.109. The maximum Gasteiger partial charge on any atom is 0.230 e. The average Bonchev–Trinajstić information content (AvgIpc) is 2.81. The second-order valence-corrected chi connectivity index (χ2v) is 5.63. The number of rotatable bonds is 2. The van der Waals surface area contributed by atoms with Crippen LogP contribution in [0.3, 0.4) is 0 Å². The van der Waals surface area contributed by atoms with Gasteiger partial charge in [-0.2, -0.15) is 0 Å². The minimum atomic E-state index is -0.358. The Kier molecular flexibility index (Phi) is 3.51. The molecule has 21 heavy (non-hydrogen) atoms. The number of aromatic nitrogens is 1. The zero-order chi connectivity index (χ0) is 15.0. The molecule has 2 aromatic carbocycles. The lowest BCUT2D eigenvalue weighted by molar-refractivity contribution is 0.439. The van der Waals surface area contributed by atoms with Gasteiger partial charge in [0, 0.05) is 15.6 Å². The summed E-state index contributed by atoms with van der Waals surface area (Å²) in [6, 6.07) is 12.2. The molecule has 0 atom stereocenters. The molecule has 3 nitrogen and oxygen atoms in total. The summed E-state index contributed by atoms with van der Waals surface area (Å²) in [6.07, 6.45) is 0. The minimum Gasteiger partial charge on any atom is -0.367 e. The van der Waals surface area contributed by atoms with Gasteiger partial charge in [0.1, 0.15) is 11.5 Å². The van der Waals surface area contributed by atoms with Gasteiger partial charge in [0.25, 0.3) is 0 Å². The van der Waals surface area contributed by atoms with Gasteiger partial charge < -0.3 is 10.3 Å². The summed E-state index contributed by atoms with van der Waals surface area (Å²) in [5.41, 5.74) is 9.12. The number of nitrogens with two attached hydrogens (primary N) is 1. The van der Waals surface area contributed by atoms with Crippen LogP contribution in [0.4, 0.5) is 10.3 Å². The first-order chi connectivity index (χ1) is 10.1. The van der Waals surface area contributed by atoms with Crippen molar-refractivity contribution in [1.82, 2.24) is 5.16 Å². The molecule has 106 valence electrons. The highest BCUT2D eigenvalue weighted by Crippen LogP contribution is 2.38. The highest BCUT2D eigenvalue weighted by atomic mass is 79.9. The average molecular weight is 347 g/mol. The molecule has 1 heterocycles. The van der Waals surface area contributed by atoms with Crippen molar-refractivity contribution in [1.29, 1.82) is 0 Å². The van der Waals surface area contributed by atoms with Crippen LogP contribution in [-0.2, 0) is 0 Å². The number of hydrogen-bond donors (Lipinski definition) is 1. The third-order valence-corrected chi connectivity index (χ3v) is 3.80. The van der Waals surface area contributed by atoms with E-state index >= 15 is 0 Å². The number of nitrogens with zero attached hydrogens (tertiary/aromatic N) is 1. The van der Waals surface area contributed by atoms with Crippen molar-refractivity contribution in [2.24, 2.45) is 0 Å². The van der Waals surface area contributed by atoms with E-state index in [2.05, 4.69) is 21.1 Å². The molecule has 0 fully saturated rings. The topological polar surface area (TPSA) is 52.0 Å². The monoisotopic (exact) mass is 346 g/mol. The summed E-state index contributed by atoms with van der Waals surface area (Å²) in [5, 5.41) is 4.01. The number of benzene rings is 2. The highest BCUT2D eigenvalue weighted by Gasteiger charge is 2.21. The second kappa shape index (κ2) is 5.33. The Morgan fingerprint density at radius 2 is 1.90 bits per heavy atom. The molecular weight excluding hydrogens is 335 g/mol. The van der Waals surface area contributed by atoms with E-state index in [4.69, 9.17) is 10.3 Å². The molecule has 0 spiro atoms. The molecule has 0 aliphatic carbocycles. The Labute approximate surface area is 129 Å². The summed E-state index contributed by atoms with van der Waals surface area (Å²) in [5.74, 6) is -0.249. The van der Waals surface area contributed by atoms with Crippen molar-refractivity contribution >= 4 is 21.8 Å². The second-order valence-electron chi connectivity index (χ2n) is 4.71. The quantitative estimate of drug-likeness (QED) is 0.724. The van der Waals surface area contributed by atoms with Crippen LogP contribution in [-0.4, -0.2) is 5.16 Å². The summed E-state index contributed by atoms with van der Waals surface area (Å²) in [7, 11) is 0. The summed E-state index contributed by atoms with van der Waals surface area (Å²) < 4.78 is 20.1. The van der Waals surface area contributed by atoms with Crippen LogP contribution in [0.25, 0.3) is 22.4 Å². The molecule has 3 aromatic rings. The Morgan fingerprint density at radius 3 is 2.62 bits per heavy atom. The Hall–Kier alpha value is -2.14. The molecule has 0 amide bonds. The molecule has 0 saturated heterocycles. The number of halogens is 2. The van der Waals surface area contributed by atoms with E-state index in [1.165, 1.54) is 6.07 Å². The molecule has 1 aromatic heterocycles. The standard InChI is InChI=1S/C16H12BrFN2O/c1-9-8-10(17)6-7-11(9)15-14(16(19)21-20-15)12-4-2-3-5-13(12)18/h2-8H,19H2,1H3. The molecule has 0 radical (unpaired) electrons. The van der Waals surface area contributed by atoms with E-state index in [0.717, 1.165) is 15.6 Å². The van der Waals surface area contributed by atoms with Gasteiger partial charge >= 0.3 is 0 Å². The first-order valence-electron chi connectivity index (χ1n) is 6.34. The molecule has 0 aliphatic heterocycles. The maximum absolute atomic E-state index is 14.1. The molecule has 0 saturated carbocycles. The van der Waals surface area contributed by atoms with E-state index in [9.17, 15) is 4.39 Å². The van der Waals surface area contributed by atoms with E-state index in [1.807, 2.05) is 25.1 Å². The Bertz CT molecular complexity index is 814. The smallest absolute Gasteiger partial charge is 0.230 e. The lowest BCUT2D eigenvalue weighted by atomic mass is 9.98. The molecule has 2 N–H and O–H groups in total. The fraction of sp³-hybridized carbons (Fsp3) is 0.0625. The lowest BCUT2D eigenvalue weighted by Gasteiger charge is -2.07. The highest BCUT2D eigenvalue weighted by molar-refractivity contribution is 9.10. The number of aryl methyl sites for hydroxylation is 1. The third kappa shape index (κ3) is 2.45. The van der Waals surface area contributed by atoms with Crippen molar-refractivity contribution in [3.05, 3.63) is 58.3 Å². The molecule has 5 heteroatoms. The van der Waals surface area contributed by atoms with Gasteiger partial charge in [-0.25, -0.2) is 4.39 Å². The molecule has 0 bridgehead atoms.